The number of carboxylic acids is 2. The van der Waals surface area contributed by atoms with Gasteiger partial charge >= 0.3 is 11.9 Å². The average Bonchev–Trinajstić information content (AvgIpc) is 1.72. The summed E-state index contributed by atoms with van der Waals surface area (Å²) >= 11 is 3.00. The molecule has 9 rings (SSSR count). The van der Waals surface area contributed by atoms with Crippen LogP contribution in [0.5, 0.6) is 5.75 Å². The molecule has 0 radical (unpaired) electrons. The van der Waals surface area contributed by atoms with E-state index >= 15 is 14.4 Å². The molecule has 3 aromatic heterocycles. The van der Waals surface area contributed by atoms with Crippen LogP contribution in [0.4, 0.5) is 8.78 Å². The van der Waals surface area contributed by atoms with Crippen molar-refractivity contribution in [3.05, 3.63) is 155 Å². The molecule has 0 saturated carbocycles. The minimum atomic E-state index is -2.04. The number of halogens is 2. The Bertz CT molecular complexity index is 4120. The number of imidazole rings is 1. The van der Waals surface area contributed by atoms with Crippen LogP contribution < -0.4 is 42.5 Å². The SMILES string of the molecule is C[C@H]1NC(=O)[C@H](CCC(=O)O)NC(=O)CCSCc2cccc(c2)CSCCNC(=O)[C@]2(C)CCCN2C(=O)[C@H](Cc2ccc(O)cc2)NC(=O)[C@H](Cc2cnc[nH]2)NC(=O)[C@H](CC(=O)O)NC(=O)[C@H](Cc2c[nH]c3ccc(F)cc23)NC(=O)[C@H](Cc2c[nH]c3ccc(F)cc23)NC1=O. The average molecular weight is 1400 g/mol. The standard InChI is InChI=1S/C68H77F2N13O14S2/c1-37-60(90)78-52(25-41-31-73-49-13-9-43(69)27-47(41)49)62(92)79-53(26-42-32-74-50-14-10-44(70)28-48(42)50)63(93)81-55(30-59(88)89)65(95)80-54(29-45-33-71-36-75-45)64(94)82-56(24-38-7-11-46(84)12-8-38)66(96)83-20-4-18-68(83,2)67(97)72-19-22-99-35-40-6-3-5-39(23-40)34-98-21-17-57(85)77-51(61(91)76-37)15-16-58(86)87/h3,5-14,23,27-28,31-33,36-37,51-56,73-74,84H,4,15-22,24-26,29-30,34-35H2,1-2H3,(H,71,75)(H,72,97)(H,76,91)(H,77,85)(H,78,90)(H,79,92)(H,80,95)(H,81,93)(H,82,94)(H,86,87)(H,88,89)/t37-,51+,52+,53+,54+,55+,56+,68+/m1/s1. The summed E-state index contributed by atoms with van der Waals surface area (Å²) in [6, 6.07) is 9.59. The number of phenols is 1. The summed E-state index contributed by atoms with van der Waals surface area (Å²) in [6.45, 7) is 3.24. The Kier molecular flexibility index (Phi) is 24.9. The van der Waals surface area contributed by atoms with Gasteiger partial charge in [-0.15, -0.1) is 0 Å². The van der Waals surface area contributed by atoms with E-state index in [2.05, 4.69) is 62.5 Å². The van der Waals surface area contributed by atoms with Gasteiger partial charge in [0.25, 0.3) is 0 Å². The minimum absolute atomic E-state index is 0.0773. The third-order valence-electron chi connectivity index (χ3n) is 17.2. The summed E-state index contributed by atoms with van der Waals surface area (Å²) in [6.07, 6.45) is 2.62. The van der Waals surface area contributed by atoms with E-state index in [1.165, 1.54) is 103 Å². The lowest BCUT2D eigenvalue weighted by Gasteiger charge is -2.36. The third-order valence-corrected chi connectivity index (χ3v) is 19.2. The van der Waals surface area contributed by atoms with Crippen LogP contribution in [0.2, 0.25) is 0 Å². The van der Waals surface area contributed by atoms with Crippen LogP contribution in [0, 0.1) is 11.6 Å². The maximum atomic E-state index is 15.1. The van der Waals surface area contributed by atoms with E-state index in [-0.39, 0.29) is 78.5 Å². The molecule has 2 aliphatic rings. The highest BCUT2D eigenvalue weighted by Gasteiger charge is 2.48. The Balaban J connectivity index is 1.05. The molecule has 0 aliphatic carbocycles. The largest absolute Gasteiger partial charge is 0.508 e. The number of amides is 9. The number of aromatic amines is 3. The first-order valence-electron chi connectivity index (χ1n) is 32.0. The molecule has 9 amide bonds. The van der Waals surface area contributed by atoms with Crippen LogP contribution in [-0.4, -0.2) is 178 Å². The summed E-state index contributed by atoms with van der Waals surface area (Å²) in [7, 11) is 0. The van der Waals surface area contributed by atoms with Crippen molar-refractivity contribution in [1.29, 1.82) is 0 Å². The molecule has 0 unspecified atom stereocenters. The molecule has 4 aromatic carbocycles. The molecular formula is C68H77F2N13O14S2. The molecule has 2 aliphatic heterocycles. The van der Waals surface area contributed by atoms with Gasteiger partial charge in [-0.05, 0) is 109 Å². The van der Waals surface area contributed by atoms with Crippen molar-refractivity contribution in [3.63, 3.8) is 0 Å². The second-order valence-corrected chi connectivity index (χ2v) is 26.8. The molecule has 1 fully saturated rings. The number of phenolic OH excluding ortho intramolecular Hbond substituents is 1. The van der Waals surface area contributed by atoms with Crippen molar-refractivity contribution in [2.75, 3.05) is 24.6 Å². The second kappa shape index (κ2) is 33.8. The van der Waals surface area contributed by atoms with E-state index in [4.69, 9.17) is 0 Å². The number of hydrogen-bond acceptors (Lipinski definition) is 15. The molecule has 0 spiro atoms. The number of carbonyl (C=O) groups is 11. The maximum Gasteiger partial charge on any atom is 0.305 e. The number of aromatic hydroxyl groups is 1. The Morgan fingerprint density at radius 3 is 1.76 bits per heavy atom. The number of nitrogens with zero attached hydrogens (tertiary/aromatic N) is 2. The molecule has 14 N–H and O–H groups in total. The topological polar surface area (TPSA) is 408 Å². The lowest BCUT2D eigenvalue weighted by Crippen LogP contribution is -2.62. The molecule has 99 heavy (non-hydrogen) atoms. The second-order valence-electron chi connectivity index (χ2n) is 24.6. The van der Waals surface area contributed by atoms with E-state index in [0.29, 0.717) is 46.0 Å². The van der Waals surface area contributed by atoms with Crippen LogP contribution in [-0.2, 0) is 89.9 Å². The fourth-order valence-corrected chi connectivity index (χ4v) is 13.6. The smallest absolute Gasteiger partial charge is 0.305 e. The van der Waals surface area contributed by atoms with E-state index in [0.717, 1.165) is 17.2 Å². The number of carboxylic acid groups (broad SMARTS) is 2. The molecule has 7 aromatic rings. The zero-order valence-electron chi connectivity index (χ0n) is 54.0. The summed E-state index contributed by atoms with van der Waals surface area (Å²) < 4.78 is 29.8. The predicted molar refractivity (Wildman–Crippen MR) is 362 cm³/mol. The van der Waals surface area contributed by atoms with Gasteiger partial charge in [0, 0.05) is 121 Å². The monoisotopic (exact) mass is 1400 g/mol. The number of rotatable bonds is 13. The zero-order valence-corrected chi connectivity index (χ0v) is 55.7. The summed E-state index contributed by atoms with van der Waals surface area (Å²) in [5.74, 6) is -10.6. The molecule has 31 heteroatoms. The third kappa shape index (κ3) is 19.9. The van der Waals surface area contributed by atoms with Crippen molar-refractivity contribution >= 4 is 110 Å². The molecule has 27 nitrogen and oxygen atoms in total. The number of fused-ring (bicyclic) bond motifs is 5. The first-order valence-corrected chi connectivity index (χ1v) is 34.3. The van der Waals surface area contributed by atoms with E-state index in [1.807, 2.05) is 24.3 Å². The van der Waals surface area contributed by atoms with E-state index in [9.17, 15) is 62.5 Å². The molecule has 8 atom stereocenters. The van der Waals surface area contributed by atoms with Gasteiger partial charge < -0.3 is 77.7 Å². The molecule has 2 bridgehead atoms. The van der Waals surface area contributed by atoms with Crippen LogP contribution in [0.1, 0.15) is 85.9 Å². The van der Waals surface area contributed by atoms with Gasteiger partial charge in [-0.25, -0.2) is 13.8 Å². The van der Waals surface area contributed by atoms with Gasteiger partial charge in [-0.2, -0.15) is 23.5 Å². The number of nitrogens with one attached hydrogen (secondary N) is 11. The van der Waals surface area contributed by atoms with Gasteiger partial charge in [0.2, 0.25) is 53.2 Å². The van der Waals surface area contributed by atoms with Crippen molar-refractivity contribution in [3.8, 4) is 5.75 Å². The zero-order chi connectivity index (χ0) is 70.9. The van der Waals surface area contributed by atoms with Crippen molar-refractivity contribution in [2.24, 2.45) is 0 Å². The first-order chi connectivity index (χ1) is 47.4. The fourth-order valence-electron chi connectivity index (χ4n) is 11.9. The Morgan fingerprint density at radius 2 is 1.17 bits per heavy atom. The number of hydrogen-bond donors (Lipinski definition) is 14. The highest BCUT2D eigenvalue weighted by atomic mass is 32.2. The van der Waals surface area contributed by atoms with Gasteiger partial charge in [0.05, 0.1) is 12.7 Å². The lowest BCUT2D eigenvalue weighted by atomic mass is 9.95. The van der Waals surface area contributed by atoms with Crippen molar-refractivity contribution in [2.45, 2.75) is 137 Å². The van der Waals surface area contributed by atoms with E-state index < -0.39 is 150 Å². The quantitative estimate of drug-likeness (QED) is 0.0786. The fraction of sp³-hybridized carbons (Fsp3) is 0.382. The number of benzene rings is 4. The normalized spacial score (nSPS) is 22.9. The number of thioether (sulfide) groups is 2. The van der Waals surface area contributed by atoms with Crippen LogP contribution in [0.25, 0.3) is 21.8 Å². The molecule has 1 saturated heterocycles. The number of carbonyl (C=O) groups excluding carboxylic acids is 9. The minimum Gasteiger partial charge on any atom is -0.508 e. The molecule has 524 valence electrons. The van der Waals surface area contributed by atoms with Crippen molar-refractivity contribution < 1.29 is 76.8 Å². The predicted octanol–water partition coefficient (Wildman–Crippen LogP) is 3.45. The van der Waals surface area contributed by atoms with Gasteiger partial charge in [0.15, 0.2) is 0 Å². The first kappa shape index (κ1) is 73.0. The highest BCUT2D eigenvalue weighted by Crippen LogP contribution is 2.31. The molecular weight excluding hydrogens is 1320 g/mol. The number of aromatic nitrogens is 4. The van der Waals surface area contributed by atoms with Crippen molar-refractivity contribution in [1.82, 2.24) is 67.4 Å². The van der Waals surface area contributed by atoms with Gasteiger partial charge in [-0.3, -0.25) is 52.7 Å². The highest BCUT2D eigenvalue weighted by molar-refractivity contribution is 7.98. The Hall–Kier alpha value is -10.3. The summed E-state index contributed by atoms with van der Waals surface area (Å²) in [5, 5.41) is 51.6. The van der Waals surface area contributed by atoms with Gasteiger partial charge in [0.1, 0.15) is 65.2 Å². The van der Waals surface area contributed by atoms with Crippen LogP contribution in [0.3, 0.4) is 0 Å². The van der Waals surface area contributed by atoms with Gasteiger partial charge in [-0.1, -0.05) is 36.4 Å². The Labute approximate surface area is 574 Å². The lowest BCUT2D eigenvalue weighted by molar-refractivity contribution is -0.146. The van der Waals surface area contributed by atoms with E-state index in [1.54, 1.807) is 18.7 Å². The number of H-pyrrole nitrogens is 3. The summed E-state index contributed by atoms with van der Waals surface area (Å²) in [4.78, 5) is 170. The summed E-state index contributed by atoms with van der Waals surface area (Å²) in [5.41, 5.74) is 2.64. The van der Waals surface area contributed by atoms with Crippen LogP contribution >= 0.6 is 23.5 Å². The molecule has 5 heterocycles. The maximum absolute atomic E-state index is 15.1. The number of aliphatic carboxylic acids is 2. The Morgan fingerprint density at radius 1 is 0.616 bits per heavy atom. The van der Waals surface area contributed by atoms with Crippen LogP contribution in [0.15, 0.2) is 110 Å².